The van der Waals surface area contributed by atoms with E-state index in [1.165, 1.54) is 37.6 Å². The van der Waals surface area contributed by atoms with Gasteiger partial charge in [0.25, 0.3) is 0 Å². The number of hydrogen-bond donors (Lipinski definition) is 0. The number of rotatable bonds is 3. The minimum atomic E-state index is 0.769. The average molecular weight is 324 g/mol. The first-order valence-corrected chi connectivity index (χ1v) is 8.89. The van der Waals surface area contributed by atoms with Crippen molar-refractivity contribution in [1.29, 1.82) is 0 Å². The van der Waals surface area contributed by atoms with Crippen LogP contribution in [0.3, 0.4) is 0 Å². The summed E-state index contributed by atoms with van der Waals surface area (Å²) in [5.74, 6) is 2.66. The summed E-state index contributed by atoms with van der Waals surface area (Å²) in [6.45, 7) is 7.06. The van der Waals surface area contributed by atoms with E-state index >= 15 is 0 Å². The molecular weight excluding hydrogens is 300 g/mol. The zero-order chi connectivity index (χ0) is 16.7. The van der Waals surface area contributed by atoms with Gasteiger partial charge in [-0.25, -0.2) is 4.98 Å². The van der Waals surface area contributed by atoms with Gasteiger partial charge in [0, 0.05) is 6.54 Å². The van der Waals surface area contributed by atoms with Crippen LogP contribution < -0.4 is 0 Å². The number of imidazole rings is 1. The summed E-state index contributed by atoms with van der Waals surface area (Å²) in [5.41, 5.74) is 4.94. The average Bonchev–Trinajstić information content (AvgIpc) is 3.08. The first-order valence-electron chi connectivity index (χ1n) is 8.89. The van der Waals surface area contributed by atoms with Gasteiger partial charge in [-0.2, -0.15) is 0 Å². The van der Waals surface area contributed by atoms with Crippen molar-refractivity contribution in [2.75, 3.05) is 0 Å². The second-order valence-corrected chi connectivity index (χ2v) is 7.03. The highest BCUT2D eigenvalue weighted by atomic mass is 16.5. The van der Waals surface area contributed by atoms with Gasteiger partial charge in [-0.15, -0.1) is 0 Å². The monoisotopic (exact) mass is 324 g/mol. The summed E-state index contributed by atoms with van der Waals surface area (Å²) in [5, 5.41) is 4.06. The first kappa shape index (κ1) is 15.4. The van der Waals surface area contributed by atoms with E-state index in [2.05, 4.69) is 27.7 Å². The van der Waals surface area contributed by atoms with Gasteiger partial charge in [-0.1, -0.05) is 24.4 Å². The van der Waals surface area contributed by atoms with Crippen LogP contribution in [0.1, 0.15) is 49.4 Å². The van der Waals surface area contributed by atoms with Crippen LogP contribution in [-0.2, 0) is 6.54 Å². The molecule has 0 unspecified atom stereocenters. The van der Waals surface area contributed by atoms with Crippen LogP contribution in [-0.4, -0.2) is 19.7 Å². The Hall–Kier alpha value is -2.17. The van der Waals surface area contributed by atoms with Crippen molar-refractivity contribution in [1.82, 2.24) is 19.7 Å². The standard InChI is InChI=1S/C19H24N4O/c1-12-19(13(2)24-22-12)16-9-18-17(10-20-16)21-14(3)23(18)11-15-7-5-4-6-8-15/h9-10,15H,4-8,11H2,1-3H3. The van der Waals surface area contributed by atoms with Crippen molar-refractivity contribution in [3.63, 3.8) is 0 Å². The maximum atomic E-state index is 5.31. The summed E-state index contributed by atoms with van der Waals surface area (Å²) >= 11 is 0. The maximum Gasteiger partial charge on any atom is 0.143 e. The molecule has 3 heterocycles. The van der Waals surface area contributed by atoms with Gasteiger partial charge in [0.05, 0.1) is 28.7 Å². The largest absolute Gasteiger partial charge is 0.361 e. The SMILES string of the molecule is Cc1noc(C)c1-c1cc2c(cn1)nc(C)n2CC1CCCCC1. The van der Waals surface area contributed by atoms with Gasteiger partial charge in [-0.3, -0.25) is 4.98 Å². The highest BCUT2D eigenvalue weighted by molar-refractivity contribution is 5.80. The highest BCUT2D eigenvalue weighted by Crippen LogP contribution is 2.30. The molecule has 1 saturated carbocycles. The Morgan fingerprint density at radius 1 is 1.17 bits per heavy atom. The lowest BCUT2D eigenvalue weighted by atomic mass is 9.89. The lowest BCUT2D eigenvalue weighted by molar-refractivity contribution is 0.320. The molecule has 0 bridgehead atoms. The molecule has 1 fully saturated rings. The van der Waals surface area contributed by atoms with Crippen LogP contribution in [0, 0.1) is 26.7 Å². The number of nitrogens with zero attached hydrogens (tertiary/aromatic N) is 4. The zero-order valence-electron chi connectivity index (χ0n) is 14.7. The minimum absolute atomic E-state index is 0.769. The summed E-state index contributed by atoms with van der Waals surface area (Å²) in [4.78, 5) is 9.30. The third kappa shape index (κ3) is 2.62. The van der Waals surface area contributed by atoms with Crippen LogP contribution in [0.15, 0.2) is 16.8 Å². The molecule has 0 atom stereocenters. The summed E-state index contributed by atoms with van der Waals surface area (Å²) in [6.07, 6.45) is 8.66. The van der Waals surface area contributed by atoms with E-state index in [9.17, 15) is 0 Å². The molecule has 24 heavy (non-hydrogen) atoms. The smallest absolute Gasteiger partial charge is 0.143 e. The van der Waals surface area contributed by atoms with E-state index in [4.69, 9.17) is 9.51 Å². The third-order valence-corrected chi connectivity index (χ3v) is 5.28. The van der Waals surface area contributed by atoms with E-state index in [-0.39, 0.29) is 0 Å². The molecule has 0 amide bonds. The quantitative estimate of drug-likeness (QED) is 0.707. The first-order chi connectivity index (χ1) is 11.6. The Morgan fingerprint density at radius 2 is 1.96 bits per heavy atom. The van der Waals surface area contributed by atoms with Crippen molar-refractivity contribution < 1.29 is 4.52 Å². The van der Waals surface area contributed by atoms with E-state index in [0.29, 0.717) is 0 Å². The Kier molecular flexibility index (Phi) is 3.87. The molecule has 3 aromatic heterocycles. The maximum absolute atomic E-state index is 5.31. The Labute approximate surface area is 142 Å². The molecule has 3 aromatic rings. The van der Waals surface area contributed by atoms with Crippen molar-refractivity contribution >= 4 is 11.0 Å². The molecule has 1 aliphatic carbocycles. The van der Waals surface area contributed by atoms with Crippen LogP contribution in [0.4, 0.5) is 0 Å². The Balaban J connectivity index is 1.76. The Morgan fingerprint density at radius 3 is 2.67 bits per heavy atom. The fraction of sp³-hybridized carbons (Fsp3) is 0.526. The molecule has 0 saturated heterocycles. The molecule has 0 aromatic carbocycles. The second-order valence-electron chi connectivity index (χ2n) is 7.03. The van der Waals surface area contributed by atoms with Crippen LogP contribution in [0.5, 0.6) is 0 Å². The van der Waals surface area contributed by atoms with E-state index in [0.717, 1.165) is 46.5 Å². The van der Waals surface area contributed by atoms with E-state index in [1.807, 2.05) is 20.0 Å². The van der Waals surface area contributed by atoms with Crippen LogP contribution in [0.25, 0.3) is 22.3 Å². The van der Waals surface area contributed by atoms with Crippen LogP contribution >= 0.6 is 0 Å². The van der Waals surface area contributed by atoms with Gasteiger partial charge in [0.15, 0.2) is 0 Å². The topological polar surface area (TPSA) is 56.7 Å². The fourth-order valence-electron chi connectivity index (χ4n) is 3.99. The molecule has 5 heteroatoms. The molecule has 0 N–H and O–H groups in total. The molecule has 0 spiro atoms. The molecule has 1 aliphatic rings. The number of aromatic nitrogens is 4. The van der Waals surface area contributed by atoms with Gasteiger partial charge in [-0.05, 0) is 45.6 Å². The van der Waals surface area contributed by atoms with Gasteiger partial charge < -0.3 is 9.09 Å². The van der Waals surface area contributed by atoms with E-state index < -0.39 is 0 Å². The van der Waals surface area contributed by atoms with E-state index in [1.54, 1.807) is 0 Å². The van der Waals surface area contributed by atoms with Crippen LogP contribution in [0.2, 0.25) is 0 Å². The van der Waals surface area contributed by atoms with Crippen molar-refractivity contribution in [2.24, 2.45) is 5.92 Å². The predicted molar refractivity (Wildman–Crippen MR) is 93.8 cm³/mol. The fourth-order valence-corrected chi connectivity index (χ4v) is 3.99. The summed E-state index contributed by atoms with van der Waals surface area (Å²) < 4.78 is 7.68. The Bertz CT molecular complexity index is 851. The molecule has 0 radical (unpaired) electrons. The normalized spacial score (nSPS) is 16.1. The lowest BCUT2D eigenvalue weighted by Gasteiger charge is -2.22. The number of aryl methyl sites for hydroxylation is 3. The van der Waals surface area contributed by atoms with Gasteiger partial charge in [0.2, 0.25) is 0 Å². The molecule has 5 nitrogen and oxygen atoms in total. The van der Waals surface area contributed by atoms with Crippen molar-refractivity contribution in [3.05, 3.63) is 29.5 Å². The third-order valence-electron chi connectivity index (χ3n) is 5.28. The minimum Gasteiger partial charge on any atom is -0.361 e. The van der Waals surface area contributed by atoms with Crippen molar-refractivity contribution in [3.8, 4) is 11.3 Å². The molecule has 0 aliphatic heterocycles. The van der Waals surface area contributed by atoms with Crippen molar-refractivity contribution in [2.45, 2.75) is 59.4 Å². The highest BCUT2D eigenvalue weighted by Gasteiger charge is 2.19. The lowest BCUT2D eigenvalue weighted by Crippen LogP contribution is -2.15. The number of hydrogen-bond acceptors (Lipinski definition) is 4. The van der Waals surface area contributed by atoms with Gasteiger partial charge >= 0.3 is 0 Å². The predicted octanol–water partition coefficient (Wildman–Crippen LogP) is 4.59. The number of pyridine rings is 1. The molecule has 4 rings (SSSR count). The second kappa shape index (κ2) is 6.04. The number of fused-ring (bicyclic) bond motifs is 1. The van der Waals surface area contributed by atoms with Gasteiger partial charge in [0.1, 0.15) is 17.1 Å². The summed E-state index contributed by atoms with van der Waals surface area (Å²) in [6, 6.07) is 2.14. The molecular formula is C19H24N4O. The zero-order valence-corrected chi connectivity index (χ0v) is 14.7. The summed E-state index contributed by atoms with van der Waals surface area (Å²) in [7, 11) is 0. The molecule has 126 valence electrons.